The van der Waals surface area contributed by atoms with E-state index < -0.39 is 23.9 Å². The van der Waals surface area contributed by atoms with Crippen molar-refractivity contribution in [2.75, 3.05) is 19.8 Å². The molecule has 0 bridgehead atoms. The number of hydrogen-bond donors (Lipinski definition) is 0. The van der Waals surface area contributed by atoms with Gasteiger partial charge < -0.3 is 18.9 Å². The first-order chi connectivity index (χ1) is 14.0. The maximum Gasteiger partial charge on any atom is 0.333 e. The standard InChI is InChI=1S/C12H18O4.C10H14O4/c1-8(2)11(13)15-7-6-10(5)16-12(14)9(3)4;1-3-9(11)13-7-5-6-8-14-10(12)4-2/h10H,1,3,6-7H2,2,4-5H3;3-4H,1-2,5-8H2. The summed E-state index contributed by atoms with van der Waals surface area (Å²) in [6.45, 7) is 19.2. The molecule has 0 aromatic heterocycles. The molecule has 0 aliphatic carbocycles. The van der Waals surface area contributed by atoms with Gasteiger partial charge in [0.2, 0.25) is 0 Å². The van der Waals surface area contributed by atoms with E-state index in [1.54, 1.807) is 20.8 Å². The van der Waals surface area contributed by atoms with E-state index in [0.717, 1.165) is 12.2 Å². The average Bonchev–Trinajstić information content (AvgIpc) is 2.70. The largest absolute Gasteiger partial charge is 0.463 e. The maximum absolute atomic E-state index is 11.1. The molecule has 0 heterocycles. The maximum atomic E-state index is 11.1. The number of carbonyl (C=O) groups is 4. The molecule has 0 amide bonds. The second kappa shape index (κ2) is 17.9. The topological polar surface area (TPSA) is 105 Å². The first kappa shape index (κ1) is 29.0. The van der Waals surface area contributed by atoms with Gasteiger partial charge in [-0.25, -0.2) is 19.2 Å². The molecule has 0 N–H and O–H groups in total. The van der Waals surface area contributed by atoms with E-state index in [4.69, 9.17) is 18.9 Å². The second-order valence-corrected chi connectivity index (χ2v) is 6.15. The second-order valence-electron chi connectivity index (χ2n) is 6.15. The molecule has 0 aromatic rings. The van der Waals surface area contributed by atoms with E-state index in [2.05, 4.69) is 26.3 Å². The normalized spacial score (nSPS) is 10.2. The van der Waals surface area contributed by atoms with Crippen LogP contribution in [0, 0.1) is 0 Å². The monoisotopic (exact) mass is 424 g/mol. The van der Waals surface area contributed by atoms with Crippen molar-refractivity contribution < 1.29 is 38.1 Å². The number of ether oxygens (including phenoxy) is 4. The smallest absolute Gasteiger partial charge is 0.333 e. The Bertz CT molecular complexity index is 609. The van der Waals surface area contributed by atoms with Gasteiger partial charge in [0, 0.05) is 29.7 Å². The highest BCUT2D eigenvalue weighted by molar-refractivity contribution is 5.87. The third-order valence-corrected chi connectivity index (χ3v) is 3.12. The molecule has 0 fully saturated rings. The van der Waals surface area contributed by atoms with Gasteiger partial charge in [-0.05, 0) is 33.6 Å². The average molecular weight is 424 g/mol. The fourth-order valence-electron chi connectivity index (χ4n) is 1.45. The number of hydrogen-bond acceptors (Lipinski definition) is 8. The summed E-state index contributed by atoms with van der Waals surface area (Å²) in [5.41, 5.74) is 0.706. The Morgan fingerprint density at radius 1 is 0.767 bits per heavy atom. The lowest BCUT2D eigenvalue weighted by Gasteiger charge is -2.13. The lowest BCUT2D eigenvalue weighted by atomic mass is 10.3. The Morgan fingerprint density at radius 2 is 1.20 bits per heavy atom. The highest BCUT2D eigenvalue weighted by Gasteiger charge is 2.11. The molecule has 0 spiro atoms. The van der Waals surface area contributed by atoms with Crippen molar-refractivity contribution >= 4 is 23.9 Å². The van der Waals surface area contributed by atoms with Crippen molar-refractivity contribution in [2.45, 2.75) is 46.1 Å². The summed E-state index contributed by atoms with van der Waals surface area (Å²) in [7, 11) is 0. The lowest BCUT2D eigenvalue weighted by molar-refractivity contribution is -0.145. The van der Waals surface area contributed by atoms with Gasteiger partial charge in [0.05, 0.1) is 19.8 Å². The van der Waals surface area contributed by atoms with Crippen LogP contribution in [0.3, 0.4) is 0 Å². The molecule has 0 saturated carbocycles. The van der Waals surface area contributed by atoms with E-state index in [0.29, 0.717) is 43.6 Å². The fourth-order valence-corrected chi connectivity index (χ4v) is 1.45. The van der Waals surface area contributed by atoms with E-state index in [-0.39, 0.29) is 12.7 Å². The Kier molecular flexibility index (Phi) is 17.3. The first-order valence-corrected chi connectivity index (χ1v) is 9.32. The molecule has 0 radical (unpaired) electrons. The van der Waals surface area contributed by atoms with Crippen LogP contribution in [-0.2, 0) is 38.1 Å². The summed E-state index contributed by atoms with van der Waals surface area (Å²) >= 11 is 0. The van der Waals surface area contributed by atoms with Crippen LogP contribution in [0.1, 0.15) is 40.0 Å². The summed E-state index contributed by atoms with van der Waals surface area (Å²) < 4.78 is 19.3. The van der Waals surface area contributed by atoms with Crippen molar-refractivity contribution in [2.24, 2.45) is 0 Å². The molecule has 8 nitrogen and oxygen atoms in total. The number of rotatable bonds is 13. The van der Waals surface area contributed by atoms with Gasteiger partial charge in [-0.3, -0.25) is 0 Å². The molecule has 30 heavy (non-hydrogen) atoms. The van der Waals surface area contributed by atoms with Gasteiger partial charge in [0.25, 0.3) is 0 Å². The number of unbranched alkanes of at least 4 members (excludes halogenated alkanes) is 1. The summed E-state index contributed by atoms with van der Waals surface area (Å²) in [6.07, 6.45) is 3.68. The zero-order valence-electron chi connectivity index (χ0n) is 18.1. The van der Waals surface area contributed by atoms with Gasteiger partial charge in [0.15, 0.2) is 0 Å². The third-order valence-electron chi connectivity index (χ3n) is 3.12. The Morgan fingerprint density at radius 3 is 1.57 bits per heavy atom. The van der Waals surface area contributed by atoms with Crippen LogP contribution >= 0.6 is 0 Å². The van der Waals surface area contributed by atoms with E-state index in [1.165, 1.54) is 0 Å². The van der Waals surface area contributed by atoms with Gasteiger partial charge in [0.1, 0.15) is 6.10 Å². The lowest BCUT2D eigenvalue weighted by Crippen LogP contribution is -2.18. The Hall–Kier alpha value is -3.16. The molecular formula is C22H32O8. The first-order valence-electron chi connectivity index (χ1n) is 9.32. The summed E-state index contributed by atoms with van der Waals surface area (Å²) in [4.78, 5) is 43.2. The molecule has 0 aliphatic heterocycles. The van der Waals surface area contributed by atoms with Gasteiger partial charge in [-0.2, -0.15) is 0 Å². The van der Waals surface area contributed by atoms with E-state index in [1.807, 2.05) is 0 Å². The van der Waals surface area contributed by atoms with Crippen molar-refractivity contribution in [3.8, 4) is 0 Å². The molecule has 0 aromatic carbocycles. The molecule has 1 atom stereocenters. The minimum absolute atomic E-state index is 0.205. The van der Waals surface area contributed by atoms with Crippen molar-refractivity contribution in [1.29, 1.82) is 0 Å². The SMILES string of the molecule is C=C(C)C(=O)OCCC(C)OC(=O)C(=C)C.C=CC(=O)OCCCCOC(=O)C=C. The van der Waals surface area contributed by atoms with Gasteiger partial charge >= 0.3 is 23.9 Å². The van der Waals surface area contributed by atoms with Gasteiger partial charge in [-0.15, -0.1) is 0 Å². The molecule has 0 aliphatic rings. The van der Waals surface area contributed by atoms with Crippen molar-refractivity contribution in [3.05, 3.63) is 49.6 Å². The fraction of sp³-hybridized carbons (Fsp3) is 0.455. The predicted octanol–water partition coefficient (Wildman–Crippen LogP) is 3.23. The van der Waals surface area contributed by atoms with Crippen LogP contribution in [0.2, 0.25) is 0 Å². The van der Waals surface area contributed by atoms with E-state index >= 15 is 0 Å². The molecule has 168 valence electrons. The molecule has 8 heteroatoms. The van der Waals surface area contributed by atoms with Crippen LogP contribution in [0.15, 0.2) is 49.6 Å². The summed E-state index contributed by atoms with van der Waals surface area (Å²) in [5.74, 6) is -1.74. The predicted molar refractivity (Wildman–Crippen MR) is 112 cm³/mol. The molecule has 0 rings (SSSR count). The van der Waals surface area contributed by atoms with Crippen LogP contribution in [0.25, 0.3) is 0 Å². The zero-order valence-corrected chi connectivity index (χ0v) is 18.1. The summed E-state index contributed by atoms with van der Waals surface area (Å²) in [5, 5.41) is 0. The zero-order chi connectivity index (χ0) is 23.5. The highest BCUT2D eigenvalue weighted by Crippen LogP contribution is 2.03. The van der Waals surface area contributed by atoms with E-state index in [9.17, 15) is 19.2 Å². The minimum atomic E-state index is -0.437. The molecular weight excluding hydrogens is 392 g/mol. The van der Waals surface area contributed by atoms with Gasteiger partial charge in [-0.1, -0.05) is 26.3 Å². The molecule has 0 saturated heterocycles. The van der Waals surface area contributed by atoms with Crippen LogP contribution < -0.4 is 0 Å². The van der Waals surface area contributed by atoms with Crippen molar-refractivity contribution in [1.82, 2.24) is 0 Å². The van der Waals surface area contributed by atoms with Crippen LogP contribution in [0.4, 0.5) is 0 Å². The quantitative estimate of drug-likeness (QED) is 0.192. The number of carbonyl (C=O) groups excluding carboxylic acids is 4. The molecule has 1 unspecified atom stereocenters. The van der Waals surface area contributed by atoms with Crippen molar-refractivity contribution in [3.63, 3.8) is 0 Å². The third kappa shape index (κ3) is 18.2. The minimum Gasteiger partial charge on any atom is -0.463 e. The van der Waals surface area contributed by atoms with Crippen LogP contribution in [-0.4, -0.2) is 49.8 Å². The summed E-state index contributed by atoms with van der Waals surface area (Å²) in [6, 6.07) is 0. The Balaban J connectivity index is 0. The highest BCUT2D eigenvalue weighted by atomic mass is 16.6. The Labute approximate surface area is 178 Å². The number of esters is 4. The van der Waals surface area contributed by atoms with Crippen LogP contribution in [0.5, 0.6) is 0 Å².